The van der Waals surface area contributed by atoms with Gasteiger partial charge >= 0.3 is 0 Å². The molecule has 0 bridgehead atoms. The summed E-state index contributed by atoms with van der Waals surface area (Å²) in [6.07, 6.45) is 1.17. The Kier molecular flexibility index (Phi) is 9.85. The second-order valence-corrected chi connectivity index (χ2v) is 8.65. The molecule has 1 N–H and O–H groups in total. The summed E-state index contributed by atoms with van der Waals surface area (Å²) >= 11 is 13.9. The molecule has 0 radical (unpaired) electrons. The fourth-order valence-electron chi connectivity index (χ4n) is 2.73. The van der Waals surface area contributed by atoms with Crippen LogP contribution in [0.2, 0.25) is 10.0 Å². The van der Waals surface area contributed by atoms with Crippen LogP contribution in [-0.2, 0) is 16.1 Å². The van der Waals surface area contributed by atoms with Crippen LogP contribution in [0.4, 0.5) is 0 Å². The second-order valence-electron chi connectivity index (χ2n) is 6.64. The van der Waals surface area contributed by atoms with Crippen molar-refractivity contribution in [3.63, 3.8) is 0 Å². The summed E-state index contributed by atoms with van der Waals surface area (Å²) in [6.45, 7) is 4.57. The van der Waals surface area contributed by atoms with Gasteiger partial charge in [0.05, 0.1) is 0 Å². The molecule has 0 aliphatic carbocycles. The van der Waals surface area contributed by atoms with Crippen LogP contribution in [0.3, 0.4) is 0 Å². The van der Waals surface area contributed by atoms with Crippen molar-refractivity contribution in [2.24, 2.45) is 0 Å². The van der Waals surface area contributed by atoms with Crippen molar-refractivity contribution in [3.8, 4) is 0 Å². The Balaban J connectivity index is 2.09. The molecular formula is C22H26Cl2N2O2S. The van der Waals surface area contributed by atoms with Crippen molar-refractivity contribution in [1.29, 1.82) is 0 Å². The van der Waals surface area contributed by atoms with E-state index in [-0.39, 0.29) is 18.4 Å². The first kappa shape index (κ1) is 23.6. The summed E-state index contributed by atoms with van der Waals surface area (Å²) in [5, 5.41) is 3.88. The summed E-state index contributed by atoms with van der Waals surface area (Å²) in [5.74, 6) is 0.386. The van der Waals surface area contributed by atoms with Crippen LogP contribution in [0.1, 0.15) is 32.3 Å². The molecule has 4 nitrogen and oxygen atoms in total. The van der Waals surface area contributed by atoms with Gasteiger partial charge in [0.1, 0.15) is 6.04 Å². The van der Waals surface area contributed by atoms with Crippen molar-refractivity contribution < 1.29 is 9.59 Å². The fraction of sp³-hybridized carbons (Fsp3) is 0.364. The fourth-order valence-corrected chi connectivity index (χ4v) is 4.06. The minimum Gasteiger partial charge on any atom is -0.354 e. The number of thioether (sulfide) groups is 1. The number of carbonyl (C=O) groups excluding carboxylic acids is 2. The largest absolute Gasteiger partial charge is 0.354 e. The van der Waals surface area contributed by atoms with Gasteiger partial charge in [0.2, 0.25) is 11.8 Å². The monoisotopic (exact) mass is 452 g/mol. The van der Waals surface area contributed by atoms with Gasteiger partial charge in [0, 0.05) is 40.2 Å². The first-order chi connectivity index (χ1) is 13.9. The van der Waals surface area contributed by atoms with Crippen LogP contribution in [0.5, 0.6) is 0 Å². The highest BCUT2D eigenvalue weighted by Crippen LogP contribution is 2.24. The number of hydrogen-bond acceptors (Lipinski definition) is 3. The molecule has 0 aliphatic heterocycles. The zero-order chi connectivity index (χ0) is 21.2. The number of carbonyl (C=O) groups is 2. The summed E-state index contributed by atoms with van der Waals surface area (Å²) < 4.78 is 0. The minimum absolute atomic E-state index is 0.0846. The van der Waals surface area contributed by atoms with Crippen LogP contribution in [-0.4, -0.2) is 35.1 Å². The zero-order valence-electron chi connectivity index (χ0n) is 16.7. The molecule has 0 fully saturated rings. The third-order valence-corrected chi connectivity index (χ3v) is 6.00. The Morgan fingerprint density at radius 3 is 2.52 bits per heavy atom. The van der Waals surface area contributed by atoms with Crippen LogP contribution >= 0.6 is 35.0 Å². The van der Waals surface area contributed by atoms with Crippen LogP contribution in [0.15, 0.2) is 53.4 Å². The molecular weight excluding hydrogens is 427 g/mol. The van der Waals surface area contributed by atoms with Gasteiger partial charge in [-0.2, -0.15) is 0 Å². The molecule has 29 heavy (non-hydrogen) atoms. The predicted molar refractivity (Wildman–Crippen MR) is 122 cm³/mol. The number of amides is 2. The third-order valence-electron chi connectivity index (χ3n) is 4.40. The van der Waals surface area contributed by atoms with E-state index in [9.17, 15) is 9.59 Å². The standard InChI is InChI=1S/C22H26Cl2N2O2S/c1-3-12-25-22(28)16(2)26(15-17-9-10-18(23)14-20(17)24)21(27)11-13-29-19-7-5-4-6-8-19/h4-10,14,16H,3,11-13,15H2,1-2H3,(H,25,28). The second kappa shape index (κ2) is 12.1. The molecule has 0 heterocycles. The number of hydrogen-bond donors (Lipinski definition) is 1. The maximum atomic E-state index is 13.0. The molecule has 2 rings (SSSR count). The molecule has 156 valence electrons. The van der Waals surface area contributed by atoms with Crippen molar-refractivity contribution in [2.45, 2.75) is 44.2 Å². The molecule has 0 saturated heterocycles. The average Bonchev–Trinajstić information content (AvgIpc) is 2.71. The molecule has 1 atom stereocenters. The van der Waals surface area contributed by atoms with E-state index < -0.39 is 6.04 Å². The molecule has 1 unspecified atom stereocenters. The Morgan fingerprint density at radius 1 is 1.14 bits per heavy atom. The lowest BCUT2D eigenvalue weighted by atomic mass is 10.1. The summed E-state index contributed by atoms with van der Waals surface area (Å²) in [4.78, 5) is 28.2. The van der Waals surface area contributed by atoms with E-state index in [0.29, 0.717) is 28.8 Å². The Morgan fingerprint density at radius 2 is 1.86 bits per heavy atom. The zero-order valence-corrected chi connectivity index (χ0v) is 19.0. The molecule has 2 amide bonds. The number of rotatable bonds is 10. The number of benzene rings is 2. The maximum absolute atomic E-state index is 13.0. The normalized spacial score (nSPS) is 11.7. The van der Waals surface area contributed by atoms with Gasteiger partial charge < -0.3 is 10.2 Å². The van der Waals surface area contributed by atoms with Gasteiger partial charge in [-0.25, -0.2) is 0 Å². The first-order valence-corrected chi connectivity index (χ1v) is 11.4. The number of nitrogens with one attached hydrogen (secondary N) is 1. The molecule has 0 spiro atoms. The smallest absolute Gasteiger partial charge is 0.242 e. The number of halogens is 2. The molecule has 0 aromatic heterocycles. The van der Waals surface area contributed by atoms with Gasteiger partial charge in [-0.15, -0.1) is 11.8 Å². The predicted octanol–water partition coefficient (Wildman–Crippen LogP) is 5.42. The lowest BCUT2D eigenvalue weighted by molar-refractivity contribution is -0.140. The van der Waals surface area contributed by atoms with Gasteiger partial charge in [-0.1, -0.05) is 54.4 Å². The summed E-state index contributed by atoms with van der Waals surface area (Å²) in [6, 6.07) is 14.5. The van der Waals surface area contributed by atoms with Crippen molar-refractivity contribution >= 4 is 46.8 Å². The van der Waals surface area contributed by atoms with Crippen molar-refractivity contribution in [1.82, 2.24) is 10.2 Å². The van der Waals surface area contributed by atoms with E-state index in [4.69, 9.17) is 23.2 Å². The Bertz CT molecular complexity index is 818. The van der Waals surface area contributed by atoms with Gasteiger partial charge in [0.15, 0.2) is 0 Å². The molecule has 0 saturated carbocycles. The lowest BCUT2D eigenvalue weighted by Gasteiger charge is -2.29. The Labute approximate surface area is 187 Å². The highest BCUT2D eigenvalue weighted by atomic mass is 35.5. The van der Waals surface area contributed by atoms with E-state index in [1.807, 2.05) is 37.3 Å². The molecule has 0 aliphatic rings. The first-order valence-electron chi connectivity index (χ1n) is 9.61. The van der Waals surface area contributed by atoms with E-state index in [2.05, 4.69) is 5.32 Å². The number of nitrogens with zero attached hydrogens (tertiary/aromatic N) is 1. The quantitative estimate of drug-likeness (QED) is 0.489. The van der Waals surface area contributed by atoms with Crippen molar-refractivity contribution in [2.75, 3.05) is 12.3 Å². The van der Waals surface area contributed by atoms with Gasteiger partial charge in [0.25, 0.3) is 0 Å². The van der Waals surface area contributed by atoms with Crippen LogP contribution in [0.25, 0.3) is 0 Å². The highest BCUT2D eigenvalue weighted by molar-refractivity contribution is 7.99. The summed E-state index contributed by atoms with van der Waals surface area (Å²) in [7, 11) is 0. The van der Waals surface area contributed by atoms with E-state index in [0.717, 1.165) is 16.9 Å². The molecule has 7 heteroatoms. The third kappa shape index (κ3) is 7.57. The molecule has 2 aromatic carbocycles. The van der Waals surface area contributed by atoms with E-state index >= 15 is 0 Å². The molecule has 2 aromatic rings. The minimum atomic E-state index is -0.595. The highest BCUT2D eigenvalue weighted by Gasteiger charge is 2.26. The summed E-state index contributed by atoms with van der Waals surface area (Å²) in [5.41, 5.74) is 0.760. The van der Waals surface area contributed by atoms with Gasteiger partial charge in [-0.3, -0.25) is 9.59 Å². The average molecular weight is 453 g/mol. The lowest BCUT2D eigenvalue weighted by Crippen LogP contribution is -2.47. The van der Waals surface area contributed by atoms with Crippen LogP contribution in [0, 0.1) is 0 Å². The van der Waals surface area contributed by atoms with Gasteiger partial charge in [-0.05, 0) is 43.2 Å². The topological polar surface area (TPSA) is 49.4 Å². The SMILES string of the molecule is CCCNC(=O)C(C)N(Cc1ccc(Cl)cc1Cl)C(=O)CCSc1ccccc1. The van der Waals surface area contributed by atoms with Crippen molar-refractivity contribution in [3.05, 3.63) is 64.1 Å². The Hall–Kier alpha value is -1.69. The van der Waals surface area contributed by atoms with Crippen LogP contribution < -0.4 is 5.32 Å². The van der Waals surface area contributed by atoms with E-state index in [1.165, 1.54) is 0 Å². The maximum Gasteiger partial charge on any atom is 0.242 e. The van der Waals surface area contributed by atoms with E-state index in [1.54, 1.807) is 41.8 Å².